The number of unbranched alkanes of at least 4 members (excludes halogenated alkanes) is 1. The van der Waals surface area contributed by atoms with Crippen molar-refractivity contribution in [2.75, 3.05) is 26.2 Å². The quantitative estimate of drug-likeness (QED) is 0.655. The molecule has 4 heteroatoms. The highest BCUT2D eigenvalue weighted by Crippen LogP contribution is 2.01. The molecule has 0 saturated carbocycles. The van der Waals surface area contributed by atoms with E-state index in [1.807, 2.05) is 18.7 Å². The lowest BCUT2D eigenvalue weighted by atomic mass is 10.3. The summed E-state index contributed by atoms with van der Waals surface area (Å²) >= 11 is 0. The molecule has 0 spiro atoms. The summed E-state index contributed by atoms with van der Waals surface area (Å²) in [6, 6.07) is 0.0785. The lowest BCUT2D eigenvalue weighted by Crippen LogP contribution is -2.29. The van der Waals surface area contributed by atoms with Crippen LogP contribution in [0.15, 0.2) is 0 Å². The van der Waals surface area contributed by atoms with Crippen LogP contribution in [0, 0.1) is 0 Å². The Balaban J connectivity index is 1.96. The zero-order chi connectivity index (χ0) is 10.4. The minimum absolute atomic E-state index is 0.0785. The van der Waals surface area contributed by atoms with Crippen molar-refractivity contribution in [3.05, 3.63) is 0 Å². The van der Waals surface area contributed by atoms with E-state index in [0.29, 0.717) is 6.10 Å². The third kappa shape index (κ3) is 3.96. The van der Waals surface area contributed by atoms with Crippen molar-refractivity contribution in [3.8, 4) is 0 Å². The van der Waals surface area contributed by atoms with Crippen LogP contribution >= 0.6 is 0 Å². The first kappa shape index (κ1) is 11.3. The van der Waals surface area contributed by atoms with Crippen LogP contribution in [0.3, 0.4) is 0 Å². The SMILES string of the molecule is CC(C)OCCCCN1CCNC1=O. The average Bonchev–Trinajstić information content (AvgIpc) is 2.51. The molecule has 1 aliphatic rings. The van der Waals surface area contributed by atoms with E-state index in [4.69, 9.17) is 4.74 Å². The van der Waals surface area contributed by atoms with E-state index < -0.39 is 0 Å². The van der Waals surface area contributed by atoms with Gasteiger partial charge in [-0.1, -0.05) is 0 Å². The summed E-state index contributed by atoms with van der Waals surface area (Å²) in [6.45, 7) is 7.37. The molecule has 0 unspecified atom stereocenters. The predicted octanol–water partition coefficient (Wildman–Crippen LogP) is 1.22. The van der Waals surface area contributed by atoms with Gasteiger partial charge in [0.2, 0.25) is 0 Å². The van der Waals surface area contributed by atoms with Crippen LogP contribution in [0.1, 0.15) is 26.7 Å². The molecule has 0 atom stereocenters. The van der Waals surface area contributed by atoms with Gasteiger partial charge >= 0.3 is 6.03 Å². The molecule has 1 aliphatic heterocycles. The van der Waals surface area contributed by atoms with Crippen LogP contribution in [-0.4, -0.2) is 43.3 Å². The van der Waals surface area contributed by atoms with Crippen molar-refractivity contribution in [2.45, 2.75) is 32.8 Å². The summed E-state index contributed by atoms with van der Waals surface area (Å²) in [5.74, 6) is 0. The van der Waals surface area contributed by atoms with Gasteiger partial charge in [0.15, 0.2) is 0 Å². The molecule has 1 heterocycles. The van der Waals surface area contributed by atoms with Crippen LogP contribution in [-0.2, 0) is 4.74 Å². The van der Waals surface area contributed by atoms with Gasteiger partial charge in [0.05, 0.1) is 6.10 Å². The zero-order valence-corrected chi connectivity index (χ0v) is 9.08. The maximum absolute atomic E-state index is 11.1. The Labute approximate surface area is 85.6 Å². The van der Waals surface area contributed by atoms with Gasteiger partial charge < -0.3 is 15.0 Å². The second-order valence-corrected chi connectivity index (χ2v) is 3.85. The summed E-state index contributed by atoms with van der Waals surface area (Å²) < 4.78 is 5.41. The first-order chi connectivity index (χ1) is 6.70. The molecule has 1 saturated heterocycles. The largest absolute Gasteiger partial charge is 0.379 e. The lowest BCUT2D eigenvalue weighted by Gasteiger charge is -2.13. The predicted molar refractivity (Wildman–Crippen MR) is 55.3 cm³/mol. The molecule has 0 aromatic carbocycles. The van der Waals surface area contributed by atoms with Gasteiger partial charge in [0, 0.05) is 26.2 Å². The number of hydrogen-bond acceptors (Lipinski definition) is 2. The third-order valence-corrected chi connectivity index (χ3v) is 2.22. The Morgan fingerprint density at radius 1 is 1.50 bits per heavy atom. The standard InChI is InChI=1S/C10H20N2O2/c1-9(2)14-8-4-3-6-12-7-5-11-10(12)13/h9H,3-8H2,1-2H3,(H,11,13). The van der Waals surface area contributed by atoms with Gasteiger partial charge in [-0.05, 0) is 26.7 Å². The number of hydrogen-bond donors (Lipinski definition) is 1. The Morgan fingerprint density at radius 2 is 2.29 bits per heavy atom. The molecule has 0 bridgehead atoms. The van der Waals surface area contributed by atoms with Crippen molar-refractivity contribution in [3.63, 3.8) is 0 Å². The van der Waals surface area contributed by atoms with Crippen LogP contribution < -0.4 is 5.32 Å². The van der Waals surface area contributed by atoms with Crippen LogP contribution in [0.25, 0.3) is 0 Å². The topological polar surface area (TPSA) is 41.6 Å². The number of ether oxygens (including phenoxy) is 1. The molecule has 82 valence electrons. The number of nitrogens with zero attached hydrogens (tertiary/aromatic N) is 1. The van der Waals surface area contributed by atoms with Gasteiger partial charge in [0.1, 0.15) is 0 Å². The maximum atomic E-state index is 11.1. The van der Waals surface area contributed by atoms with E-state index in [1.165, 1.54) is 0 Å². The lowest BCUT2D eigenvalue weighted by molar-refractivity contribution is 0.0750. The molecular formula is C10H20N2O2. The number of urea groups is 1. The summed E-state index contributed by atoms with van der Waals surface area (Å²) in [4.78, 5) is 13.0. The van der Waals surface area contributed by atoms with Crippen LogP contribution in [0.5, 0.6) is 0 Å². The Morgan fingerprint density at radius 3 is 2.86 bits per heavy atom. The van der Waals surface area contributed by atoms with Gasteiger partial charge in [0.25, 0.3) is 0 Å². The van der Waals surface area contributed by atoms with E-state index in [9.17, 15) is 4.79 Å². The molecule has 0 aromatic rings. The third-order valence-electron chi connectivity index (χ3n) is 2.22. The fraction of sp³-hybridized carbons (Fsp3) is 0.900. The molecule has 1 rings (SSSR count). The van der Waals surface area contributed by atoms with Crippen molar-refractivity contribution in [2.24, 2.45) is 0 Å². The molecular weight excluding hydrogens is 180 g/mol. The summed E-state index contributed by atoms with van der Waals surface area (Å²) in [5.41, 5.74) is 0. The second kappa shape index (κ2) is 5.86. The van der Waals surface area contributed by atoms with Gasteiger partial charge in [-0.3, -0.25) is 0 Å². The van der Waals surface area contributed by atoms with Crippen molar-refractivity contribution in [1.82, 2.24) is 10.2 Å². The molecule has 0 radical (unpaired) electrons. The first-order valence-electron chi connectivity index (χ1n) is 5.34. The molecule has 4 nitrogen and oxygen atoms in total. The normalized spacial score (nSPS) is 16.5. The molecule has 14 heavy (non-hydrogen) atoms. The van der Waals surface area contributed by atoms with E-state index in [1.54, 1.807) is 0 Å². The van der Waals surface area contributed by atoms with Crippen LogP contribution in [0.2, 0.25) is 0 Å². The van der Waals surface area contributed by atoms with E-state index in [0.717, 1.165) is 39.1 Å². The van der Waals surface area contributed by atoms with E-state index >= 15 is 0 Å². The Kier molecular flexibility index (Phi) is 4.73. The minimum atomic E-state index is 0.0785. The zero-order valence-electron chi connectivity index (χ0n) is 9.08. The van der Waals surface area contributed by atoms with Crippen molar-refractivity contribution < 1.29 is 9.53 Å². The summed E-state index contributed by atoms with van der Waals surface area (Å²) in [7, 11) is 0. The number of rotatable bonds is 6. The van der Waals surface area contributed by atoms with Gasteiger partial charge in [-0.15, -0.1) is 0 Å². The van der Waals surface area contributed by atoms with E-state index in [-0.39, 0.29) is 6.03 Å². The molecule has 0 aromatic heterocycles. The van der Waals surface area contributed by atoms with Crippen molar-refractivity contribution in [1.29, 1.82) is 0 Å². The molecule has 2 amide bonds. The Bertz CT molecular complexity index is 183. The summed E-state index contributed by atoms with van der Waals surface area (Å²) in [6.07, 6.45) is 2.37. The number of amides is 2. The second-order valence-electron chi connectivity index (χ2n) is 3.85. The van der Waals surface area contributed by atoms with Gasteiger partial charge in [-0.2, -0.15) is 0 Å². The van der Waals surface area contributed by atoms with Gasteiger partial charge in [-0.25, -0.2) is 4.79 Å². The number of nitrogens with one attached hydrogen (secondary N) is 1. The summed E-state index contributed by atoms with van der Waals surface area (Å²) in [5, 5.41) is 2.78. The maximum Gasteiger partial charge on any atom is 0.317 e. The highest BCUT2D eigenvalue weighted by Gasteiger charge is 2.17. The molecule has 1 fully saturated rings. The average molecular weight is 200 g/mol. The first-order valence-corrected chi connectivity index (χ1v) is 5.34. The highest BCUT2D eigenvalue weighted by molar-refractivity contribution is 5.76. The fourth-order valence-corrected chi connectivity index (χ4v) is 1.45. The van der Waals surface area contributed by atoms with Crippen molar-refractivity contribution >= 4 is 6.03 Å². The number of carbonyl (C=O) groups excluding carboxylic acids is 1. The smallest absolute Gasteiger partial charge is 0.317 e. The van der Waals surface area contributed by atoms with E-state index in [2.05, 4.69) is 5.32 Å². The molecule has 0 aliphatic carbocycles. The number of carbonyl (C=O) groups is 1. The molecule has 1 N–H and O–H groups in total. The Hall–Kier alpha value is -0.770. The minimum Gasteiger partial charge on any atom is -0.379 e. The monoisotopic (exact) mass is 200 g/mol. The highest BCUT2D eigenvalue weighted by atomic mass is 16.5. The van der Waals surface area contributed by atoms with Crippen LogP contribution in [0.4, 0.5) is 4.79 Å². The fourth-order valence-electron chi connectivity index (χ4n) is 1.45.